The number of nitrogens with zero attached hydrogens (tertiary/aromatic N) is 2. The maximum absolute atomic E-state index is 13.7. The van der Waals surface area contributed by atoms with E-state index in [1.165, 1.54) is 12.1 Å². The minimum absolute atomic E-state index is 0.200. The second kappa shape index (κ2) is 9.07. The van der Waals surface area contributed by atoms with E-state index in [-0.39, 0.29) is 11.6 Å². The van der Waals surface area contributed by atoms with Gasteiger partial charge in [0.15, 0.2) is 0 Å². The molecule has 140 valence electrons. The van der Waals surface area contributed by atoms with Crippen LogP contribution in [-0.2, 0) is 12.8 Å². The quantitative estimate of drug-likeness (QED) is 0.620. The smallest absolute Gasteiger partial charge is 0.224 e. The summed E-state index contributed by atoms with van der Waals surface area (Å²) in [5.74, 6) is 0.751. The van der Waals surface area contributed by atoms with Crippen molar-refractivity contribution < 1.29 is 8.78 Å². The van der Waals surface area contributed by atoms with E-state index in [0.29, 0.717) is 48.8 Å². The van der Waals surface area contributed by atoms with Crippen LogP contribution < -0.4 is 10.6 Å². The van der Waals surface area contributed by atoms with Crippen LogP contribution in [0.15, 0.2) is 54.6 Å². The number of aromatic nitrogens is 2. The summed E-state index contributed by atoms with van der Waals surface area (Å²) in [7, 11) is 0. The average Bonchev–Trinajstić information content (AvgIpc) is 2.64. The fourth-order valence-electron chi connectivity index (χ4n) is 2.77. The number of anilines is 2. The Hall–Kier alpha value is -3.02. The molecule has 0 fully saturated rings. The molecule has 6 heteroatoms. The van der Waals surface area contributed by atoms with Gasteiger partial charge in [0.2, 0.25) is 5.95 Å². The van der Waals surface area contributed by atoms with Crippen molar-refractivity contribution in [3.8, 4) is 0 Å². The molecule has 0 radical (unpaired) electrons. The third kappa shape index (κ3) is 5.48. The summed E-state index contributed by atoms with van der Waals surface area (Å²) in [4.78, 5) is 8.77. The van der Waals surface area contributed by atoms with Gasteiger partial charge in [-0.3, -0.25) is 0 Å². The summed E-state index contributed by atoms with van der Waals surface area (Å²) in [6.45, 7) is 2.97. The van der Waals surface area contributed by atoms with Crippen LogP contribution in [0, 0.1) is 18.6 Å². The average molecular weight is 368 g/mol. The molecule has 3 aromatic rings. The normalized spacial score (nSPS) is 10.6. The molecule has 0 aliphatic carbocycles. The molecular weight excluding hydrogens is 346 g/mol. The van der Waals surface area contributed by atoms with Crippen LogP contribution >= 0.6 is 0 Å². The van der Waals surface area contributed by atoms with Gasteiger partial charge in [0.25, 0.3) is 0 Å². The minimum atomic E-state index is -0.208. The summed E-state index contributed by atoms with van der Waals surface area (Å²) >= 11 is 0. The minimum Gasteiger partial charge on any atom is -0.370 e. The third-order valence-electron chi connectivity index (χ3n) is 4.15. The molecule has 0 spiro atoms. The monoisotopic (exact) mass is 368 g/mol. The maximum atomic E-state index is 13.7. The van der Waals surface area contributed by atoms with Crippen LogP contribution in [0.4, 0.5) is 20.5 Å². The molecule has 0 aliphatic rings. The predicted molar refractivity (Wildman–Crippen MR) is 104 cm³/mol. The number of nitrogens with one attached hydrogen (secondary N) is 2. The van der Waals surface area contributed by atoms with E-state index in [2.05, 4.69) is 20.6 Å². The van der Waals surface area contributed by atoms with Crippen LogP contribution in [0.2, 0.25) is 0 Å². The fourth-order valence-corrected chi connectivity index (χ4v) is 2.77. The summed E-state index contributed by atoms with van der Waals surface area (Å²) < 4.78 is 27.3. The van der Waals surface area contributed by atoms with Crippen LogP contribution in [0.1, 0.15) is 16.8 Å². The van der Waals surface area contributed by atoms with E-state index in [4.69, 9.17) is 0 Å². The van der Waals surface area contributed by atoms with Gasteiger partial charge in [-0.2, -0.15) is 4.98 Å². The largest absolute Gasteiger partial charge is 0.370 e. The van der Waals surface area contributed by atoms with Gasteiger partial charge in [0.05, 0.1) is 0 Å². The van der Waals surface area contributed by atoms with E-state index >= 15 is 0 Å². The first-order valence-electron chi connectivity index (χ1n) is 8.92. The highest BCUT2D eigenvalue weighted by atomic mass is 19.1. The van der Waals surface area contributed by atoms with Crippen LogP contribution in [0.3, 0.4) is 0 Å². The molecule has 0 atom stereocenters. The van der Waals surface area contributed by atoms with Crippen molar-refractivity contribution in [1.29, 1.82) is 0 Å². The van der Waals surface area contributed by atoms with Crippen molar-refractivity contribution >= 4 is 11.8 Å². The number of rotatable bonds is 8. The molecule has 3 rings (SSSR count). The highest BCUT2D eigenvalue weighted by molar-refractivity contribution is 5.42. The van der Waals surface area contributed by atoms with E-state index in [1.807, 2.05) is 25.1 Å². The number of benzene rings is 2. The van der Waals surface area contributed by atoms with Gasteiger partial charge in [-0.25, -0.2) is 13.8 Å². The van der Waals surface area contributed by atoms with Crippen LogP contribution in [0.25, 0.3) is 0 Å². The first kappa shape index (κ1) is 18.8. The highest BCUT2D eigenvalue weighted by Crippen LogP contribution is 2.12. The third-order valence-corrected chi connectivity index (χ3v) is 4.15. The second-order valence-corrected chi connectivity index (χ2v) is 6.25. The van der Waals surface area contributed by atoms with Gasteiger partial charge in [0, 0.05) is 24.8 Å². The Morgan fingerprint density at radius 3 is 1.93 bits per heavy atom. The van der Waals surface area contributed by atoms with E-state index in [1.54, 1.807) is 24.3 Å². The molecule has 4 nitrogen and oxygen atoms in total. The number of halogens is 2. The topological polar surface area (TPSA) is 49.8 Å². The van der Waals surface area contributed by atoms with E-state index in [9.17, 15) is 8.78 Å². The number of hydrogen-bond donors (Lipinski definition) is 2. The predicted octanol–water partition coefficient (Wildman–Crippen LogP) is 4.37. The highest BCUT2D eigenvalue weighted by Gasteiger charge is 2.05. The van der Waals surface area contributed by atoms with Crippen molar-refractivity contribution in [2.24, 2.45) is 0 Å². The lowest BCUT2D eigenvalue weighted by Gasteiger charge is -2.10. The summed E-state index contributed by atoms with van der Waals surface area (Å²) in [6.07, 6.45) is 1.10. The summed E-state index contributed by atoms with van der Waals surface area (Å²) in [5.41, 5.74) is 2.13. The molecule has 0 amide bonds. The Kier molecular flexibility index (Phi) is 6.30. The van der Waals surface area contributed by atoms with Crippen LogP contribution in [-0.4, -0.2) is 23.1 Å². The van der Waals surface area contributed by atoms with Gasteiger partial charge in [0.1, 0.15) is 17.5 Å². The van der Waals surface area contributed by atoms with E-state index in [0.717, 1.165) is 5.69 Å². The van der Waals surface area contributed by atoms with Gasteiger partial charge >= 0.3 is 0 Å². The summed E-state index contributed by atoms with van der Waals surface area (Å²) in [6, 6.07) is 15.3. The molecule has 27 heavy (non-hydrogen) atoms. The molecule has 0 saturated carbocycles. The molecule has 0 aliphatic heterocycles. The molecule has 2 aromatic carbocycles. The Morgan fingerprint density at radius 2 is 1.33 bits per heavy atom. The van der Waals surface area contributed by atoms with Crippen molar-refractivity contribution in [2.75, 3.05) is 23.7 Å². The van der Waals surface area contributed by atoms with Crippen LogP contribution in [0.5, 0.6) is 0 Å². The number of aryl methyl sites for hydroxylation is 1. The lowest BCUT2D eigenvalue weighted by atomic mass is 10.1. The molecule has 1 heterocycles. The van der Waals surface area contributed by atoms with Crippen molar-refractivity contribution in [3.05, 3.63) is 83.1 Å². The summed E-state index contributed by atoms with van der Waals surface area (Å²) in [5, 5.41) is 6.33. The molecule has 0 bridgehead atoms. The Labute approximate surface area is 157 Å². The standard InChI is InChI=1S/C21H22F2N4/c1-15-14-20(24-12-10-16-6-2-4-8-18(16)22)27-21(26-15)25-13-11-17-7-3-5-9-19(17)23/h2-9,14H,10-13H2,1H3,(H2,24,25,26,27). The van der Waals surface area contributed by atoms with Crippen molar-refractivity contribution in [1.82, 2.24) is 9.97 Å². The Balaban J connectivity index is 1.54. The van der Waals surface area contributed by atoms with E-state index < -0.39 is 0 Å². The molecular formula is C21H22F2N4. The first-order chi connectivity index (χ1) is 13.1. The molecule has 2 N–H and O–H groups in total. The zero-order chi connectivity index (χ0) is 19.1. The van der Waals surface area contributed by atoms with Gasteiger partial charge in [-0.1, -0.05) is 36.4 Å². The zero-order valence-corrected chi connectivity index (χ0v) is 15.2. The molecule has 1 aromatic heterocycles. The SMILES string of the molecule is Cc1cc(NCCc2ccccc2F)nc(NCCc2ccccc2F)n1. The van der Waals surface area contributed by atoms with Crippen molar-refractivity contribution in [2.45, 2.75) is 19.8 Å². The molecule has 0 unspecified atom stereocenters. The van der Waals surface area contributed by atoms with Gasteiger partial charge in [-0.05, 0) is 43.0 Å². The maximum Gasteiger partial charge on any atom is 0.224 e. The number of hydrogen-bond acceptors (Lipinski definition) is 4. The molecule has 0 saturated heterocycles. The second-order valence-electron chi connectivity index (χ2n) is 6.25. The Bertz CT molecular complexity index is 829. The van der Waals surface area contributed by atoms with Gasteiger partial charge < -0.3 is 10.6 Å². The fraction of sp³-hybridized carbons (Fsp3) is 0.238. The van der Waals surface area contributed by atoms with Crippen molar-refractivity contribution in [3.63, 3.8) is 0 Å². The Morgan fingerprint density at radius 1 is 0.778 bits per heavy atom. The lowest BCUT2D eigenvalue weighted by Crippen LogP contribution is -2.12. The lowest BCUT2D eigenvalue weighted by molar-refractivity contribution is 0.610. The zero-order valence-electron chi connectivity index (χ0n) is 15.2. The first-order valence-corrected chi connectivity index (χ1v) is 8.92. The van der Waals surface area contributed by atoms with Gasteiger partial charge in [-0.15, -0.1) is 0 Å².